The van der Waals surface area contributed by atoms with E-state index in [1.807, 2.05) is 84.9 Å². The minimum atomic E-state index is -4.03. The van der Waals surface area contributed by atoms with Gasteiger partial charge in [-0.05, 0) is 66.7 Å². The molecule has 12 heteroatoms. The van der Waals surface area contributed by atoms with Crippen LogP contribution in [0.25, 0.3) is 34.0 Å². The average molecular weight is 678 g/mol. The first kappa shape index (κ1) is 32.7. The lowest BCUT2D eigenvalue weighted by Gasteiger charge is -2.23. The number of aromatic nitrogens is 4. The highest BCUT2D eigenvalue weighted by atomic mass is 32.2. The van der Waals surface area contributed by atoms with Crippen LogP contribution in [-0.4, -0.2) is 51.7 Å². The van der Waals surface area contributed by atoms with Gasteiger partial charge in [0.05, 0.1) is 41.7 Å². The van der Waals surface area contributed by atoms with Crippen LogP contribution in [-0.2, 0) is 14.1 Å². The molecule has 2 atom stereocenters. The highest BCUT2D eigenvalue weighted by Crippen LogP contribution is 2.53. The number of pyridine rings is 2. The molecule has 3 heterocycles. The lowest BCUT2D eigenvalue weighted by Crippen LogP contribution is -2.21. The number of ether oxygens (including phenoxy) is 1. The highest BCUT2D eigenvalue weighted by Gasteiger charge is 2.36. The van der Waals surface area contributed by atoms with E-state index in [2.05, 4.69) is 15.3 Å². The maximum atomic E-state index is 15.4. The van der Waals surface area contributed by atoms with Crippen LogP contribution in [0.3, 0.4) is 0 Å². The van der Waals surface area contributed by atoms with Crippen molar-refractivity contribution in [2.45, 2.75) is 16.7 Å². The molecule has 0 saturated carbocycles. The molecule has 6 rings (SSSR count). The van der Waals surface area contributed by atoms with Crippen molar-refractivity contribution in [2.24, 2.45) is 5.92 Å². The number of carbonyl (C=O) groups is 2. The summed E-state index contributed by atoms with van der Waals surface area (Å²) in [4.78, 5) is 35.7. The van der Waals surface area contributed by atoms with E-state index in [0.717, 1.165) is 20.9 Å². The first-order valence-corrected chi connectivity index (χ1v) is 17.7. The molecule has 10 nitrogen and oxygen atoms in total. The summed E-state index contributed by atoms with van der Waals surface area (Å²) >= 11 is 1.40. The van der Waals surface area contributed by atoms with Gasteiger partial charge in [0.15, 0.2) is 5.75 Å². The number of benzene rings is 3. The van der Waals surface area contributed by atoms with Crippen LogP contribution in [0.1, 0.15) is 28.7 Å². The SMILES string of the molecule is CNC(=O)c1ccccc1Sc1ccc2c(/C=C/c3ccccn3)nn(P(=O)(C[C@@H](C)C(=O)OC)Oc3cccc4cccnc34)c2c1. The number of fused-ring (bicyclic) bond motifs is 2. The molecular weight excluding hydrogens is 645 g/mol. The van der Waals surface area contributed by atoms with Gasteiger partial charge in [-0.15, -0.1) is 0 Å². The average Bonchev–Trinajstić information content (AvgIpc) is 3.49. The quantitative estimate of drug-likeness (QED) is 0.109. The Morgan fingerprint density at radius 1 is 0.958 bits per heavy atom. The summed E-state index contributed by atoms with van der Waals surface area (Å²) in [6.45, 7) is 1.65. The Morgan fingerprint density at radius 2 is 1.75 bits per heavy atom. The third kappa shape index (κ3) is 6.88. The topological polar surface area (TPSA) is 125 Å². The van der Waals surface area contributed by atoms with Gasteiger partial charge in [-0.1, -0.05) is 55.1 Å². The highest BCUT2D eigenvalue weighted by molar-refractivity contribution is 7.99. The molecule has 242 valence electrons. The van der Waals surface area contributed by atoms with Crippen LogP contribution in [0.15, 0.2) is 113 Å². The molecule has 0 aliphatic carbocycles. The summed E-state index contributed by atoms with van der Waals surface area (Å²) in [6, 6.07) is 27.7. The fraction of sp³-hybridized carbons (Fsp3) is 0.139. The number of para-hydroxylation sites is 1. The Bertz CT molecular complexity index is 2200. The largest absolute Gasteiger partial charge is 0.469 e. The van der Waals surface area contributed by atoms with E-state index in [1.165, 1.54) is 23.3 Å². The molecular formula is C36H32N5O5PS. The van der Waals surface area contributed by atoms with E-state index in [-0.39, 0.29) is 12.1 Å². The van der Waals surface area contributed by atoms with Gasteiger partial charge in [-0.25, -0.2) is 0 Å². The minimum Gasteiger partial charge on any atom is -0.469 e. The number of rotatable bonds is 11. The molecule has 0 aliphatic heterocycles. The van der Waals surface area contributed by atoms with Gasteiger partial charge >= 0.3 is 13.5 Å². The number of esters is 1. The lowest BCUT2D eigenvalue weighted by molar-refractivity contribution is -0.144. The second-order valence-corrected chi connectivity index (χ2v) is 14.2. The summed E-state index contributed by atoms with van der Waals surface area (Å²) in [5, 5.41) is 9.07. The zero-order valence-corrected chi connectivity index (χ0v) is 28.2. The molecule has 1 amide bonds. The second-order valence-electron chi connectivity index (χ2n) is 10.9. The minimum absolute atomic E-state index is 0.194. The summed E-state index contributed by atoms with van der Waals surface area (Å²) in [6.07, 6.45) is 6.78. The summed E-state index contributed by atoms with van der Waals surface area (Å²) in [7, 11) is -1.15. The third-order valence-electron chi connectivity index (χ3n) is 7.58. The maximum Gasteiger partial charge on any atom is 0.364 e. The van der Waals surface area contributed by atoms with Crippen LogP contribution >= 0.6 is 19.3 Å². The number of amides is 1. The predicted octanol–water partition coefficient (Wildman–Crippen LogP) is 7.59. The Morgan fingerprint density at radius 3 is 2.54 bits per heavy atom. The van der Waals surface area contributed by atoms with Gasteiger partial charge in [0.1, 0.15) is 5.52 Å². The fourth-order valence-electron chi connectivity index (χ4n) is 5.24. The van der Waals surface area contributed by atoms with Crippen molar-refractivity contribution < 1.29 is 23.4 Å². The maximum absolute atomic E-state index is 15.4. The van der Waals surface area contributed by atoms with Gasteiger partial charge < -0.3 is 14.6 Å². The van der Waals surface area contributed by atoms with Gasteiger partial charge in [0.25, 0.3) is 5.91 Å². The van der Waals surface area contributed by atoms with E-state index in [9.17, 15) is 9.59 Å². The zero-order valence-electron chi connectivity index (χ0n) is 26.4. The van der Waals surface area contributed by atoms with Crippen molar-refractivity contribution in [3.63, 3.8) is 0 Å². The molecule has 0 radical (unpaired) electrons. The van der Waals surface area contributed by atoms with Crippen LogP contribution in [0.5, 0.6) is 5.75 Å². The molecule has 0 fully saturated rings. The van der Waals surface area contributed by atoms with Crippen molar-refractivity contribution in [1.29, 1.82) is 0 Å². The lowest BCUT2D eigenvalue weighted by atomic mass is 10.2. The first-order chi connectivity index (χ1) is 23.3. The molecule has 1 unspecified atom stereocenters. The standard InChI is InChI=1S/C36H32N5O5PS/c1-24(36(43)45-3)23-47(44,46-32-14-8-10-25-11-9-21-39-34(25)32)41-31-22-27(48-33-15-5-4-13-29(33)35(42)37-2)17-18-28(31)30(40-41)19-16-26-12-6-7-20-38-26/h4-22,24H,23H2,1-3H3,(H,37,42)/b19-16+/t24-,47?/m1/s1. The van der Waals surface area contributed by atoms with Gasteiger partial charge in [-0.2, -0.15) is 9.55 Å². The van der Waals surface area contributed by atoms with Crippen LogP contribution in [0.2, 0.25) is 0 Å². The number of hydrogen-bond acceptors (Lipinski definition) is 9. The van der Waals surface area contributed by atoms with E-state index < -0.39 is 19.4 Å². The predicted molar refractivity (Wildman–Crippen MR) is 188 cm³/mol. The van der Waals surface area contributed by atoms with Crippen LogP contribution in [0.4, 0.5) is 0 Å². The molecule has 0 spiro atoms. The van der Waals surface area contributed by atoms with Gasteiger partial charge in [0, 0.05) is 40.0 Å². The monoisotopic (exact) mass is 677 g/mol. The van der Waals surface area contributed by atoms with Gasteiger partial charge in [0.2, 0.25) is 0 Å². The van der Waals surface area contributed by atoms with Crippen molar-refractivity contribution in [2.75, 3.05) is 20.3 Å². The number of hydrogen-bond donors (Lipinski definition) is 1. The van der Waals surface area contributed by atoms with Crippen molar-refractivity contribution in [3.05, 3.63) is 120 Å². The van der Waals surface area contributed by atoms with E-state index in [0.29, 0.717) is 33.4 Å². The smallest absolute Gasteiger partial charge is 0.364 e. The molecule has 0 saturated heterocycles. The van der Waals surface area contributed by atoms with Crippen LogP contribution in [0, 0.1) is 5.92 Å². The molecule has 6 aromatic rings. The summed E-state index contributed by atoms with van der Waals surface area (Å²) in [5.74, 6) is -1.21. The van der Waals surface area contributed by atoms with Crippen molar-refractivity contribution in [3.8, 4) is 5.75 Å². The number of carbonyl (C=O) groups excluding carboxylic acids is 2. The normalized spacial score (nSPS) is 13.3. The second kappa shape index (κ2) is 14.3. The Labute approximate surface area is 281 Å². The molecule has 48 heavy (non-hydrogen) atoms. The fourth-order valence-corrected chi connectivity index (χ4v) is 8.55. The number of nitrogens with one attached hydrogen (secondary N) is 1. The Kier molecular flexibility index (Phi) is 9.70. The van der Waals surface area contributed by atoms with E-state index >= 15 is 4.57 Å². The van der Waals surface area contributed by atoms with Crippen LogP contribution < -0.4 is 9.84 Å². The van der Waals surface area contributed by atoms with Crippen molar-refractivity contribution in [1.82, 2.24) is 24.8 Å². The molecule has 0 bridgehead atoms. The molecule has 3 aromatic carbocycles. The summed E-state index contributed by atoms with van der Waals surface area (Å²) < 4.78 is 28.2. The summed E-state index contributed by atoms with van der Waals surface area (Å²) in [5.41, 5.74) is 2.83. The Balaban J connectivity index is 1.53. The Hall–Kier alpha value is -5.25. The first-order valence-electron chi connectivity index (χ1n) is 15.1. The zero-order chi connectivity index (χ0) is 33.7. The molecule has 3 aromatic heterocycles. The molecule has 1 N–H and O–H groups in total. The number of methoxy groups -OCH3 is 1. The van der Waals surface area contributed by atoms with Crippen molar-refractivity contribution >= 4 is 65.1 Å². The van der Waals surface area contributed by atoms with Gasteiger partial charge in [-0.3, -0.25) is 24.1 Å². The third-order valence-corrected chi connectivity index (χ3v) is 11.0. The van der Waals surface area contributed by atoms with E-state index in [4.69, 9.17) is 14.4 Å². The number of nitrogens with zero attached hydrogens (tertiary/aromatic N) is 4. The molecule has 0 aliphatic rings. The van der Waals surface area contributed by atoms with E-state index in [1.54, 1.807) is 44.6 Å².